The van der Waals surface area contributed by atoms with Gasteiger partial charge in [0.25, 0.3) is 0 Å². The summed E-state index contributed by atoms with van der Waals surface area (Å²) in [4.78, 5) is 12.0. The van der Waals surface area contributed by atoms with Crippen molar-refractivity contribution in [3.63, 3.8) is 0 Å². The summed E-state index contributed by atoms with van der Waals surface area (Å²) in [5.74, 6) is 0. The molecule has 0 saturated carbocycles. The first kappa shape index (κ1) is 17.8. The fourth-order valence-electron chi connectivity index (χ4n) is 2.22. The van der Waals surface area contributed by atoms with E-state index in [1.165, 1.54) is 12.1 Å². The molecule has 0 spiro atoms. The molecule has 2 amide bonds. The number of rotatable bonds is 5. The molecule has 2 aromatic rings. The molecule has 8 heteroatoms. The number of aryl methyl sites for hydroxylation is 1. The number of amides is 2. The molecular weight excluding hydrogens is 321 g/mol. The number of carbonyl (C=O) groups is 1. The smallest absolute Gasteiger partial charge is 0.331 e. The molecule has 5 nitrogen and oxygen atoms in total. The Morgan fingerprint density at radius 3 is 2.42 bits per heavy atom. The molecule has 130 valence electrons. The van der Waals surface area contributed by atoms with Crippen LogP contribution >= 0.6 is 0 Å². The summed E-state index contributed by atoms with van der Waals surface area (Å²) in [5.41, 5.74) is 0.411. The average Bonchev–Trinajstić information content (AvgIpc) is 3.01. The van der Waals surface area contributed by atoms with Crippen molar-refractivity contribution in [1.82, 2.24) is 15.1 Å². The molecule has 1 atom stereocenters. The van der Waals surface area contributed by atoms with Gasteiger partial charge in [0.2, 0.25) is 0 Å². The largest absolute Gasteiger partial charge is 0.416 e. The van der Waals surface area contributed by atoms with Crippen LogP contribution in [0.3, 0.4) is 0 Å². The second kappa shape index (κ2) is 7.37. The van der Waals surface area contributed by atoms with Crippen molar-refractivity contribution in [3.8, 4) is 0 Å². The Morgan fingerprint density at radius 2 is 1.92 bits per heavy atom. The van der Waals surface area contributed by atoms with E-state index in [-0.39, 0.29) is 6.04 Å². The highest BCUT2D eigenvalue weighted by atomic mass is 19.4. The standard InChI is InChI=1S/C16H19F3N4O/c1-3-14(11-9-20-23(4-2)10-11)22-15(24)21-13-7-5-12(6-8-13)16(17,18)19/h5-10,14H,3-4H2,1-2H3,(H2,21,22,24)/t14-/m0/s1. The number of benzene rings is 1. The van der Waals surface area contributed by atoms with Gasteiger partial charge in [-0.2, -0.15) is 18.3 Å². The zero-order chi connectivity index (χ0) is 17.7. The van der Waals surface area contributed by atoms with Crippen LogP contribution in [0.4, 0.5) is 23.7 Å². The van der Waals surface area contributed by atoms with Crippen LogP contribution in [0.15, 0.2) is 36.7 Å². The number of urea groups is 1. The lowest BCUT2D eigenvalue weighted by atomic mass is 10.1. The number of carbonyl (C=O) groups excluding carboxylic acids is 1. The highest BCUT2D eigenvalue weighted by Crippen LogP contribution is 2.29. The van der Waals surface area contributed by atoms with E-state index in [0.717, 1.165) is 24.2 Å². The fourth-order valence-corrected chi connectivity index (χ4v) is 2.22. The molecular formula is C16H19F3N4O. The Hall–Kier alpha value is -2.51. The molecule has 0 radical (unpaired) electrons. The third-order valence-corrected chi connectivity index (χ3v) is 3.56. The van der Waals surface area contributed by atoms with Gasteiger partial charge in [-0.1, -0.05) is 6.92 Å². The first-order chi connectivity index (χ1) is 11.3. The molecule has 0 fully saturated rings. The van der Waals surface area contributed by atoms with Crippen LogP contribution in [-0.4, -0.2) is 15.8 Å². The van der Waals surface area contributed by atoms with E-state index in [9.17, 15) is 18.0 Å². The molecule has 1 heterocycles. The van der Waals surface area contributed by atoms with Gasteiger partial charge in [-0.05, 0) is 37.6 Å². The van der Waals surface area contributed by atoms with Gasteiger partial charge in [-0.25, -0.2) is 4.79 Å². The van der Waals surface area contributed by atoms with E-state index in [0.29, 0.717) is 12.1 Å². The van der Waals surface area contributed by atoms with E-state index in [2.05, 4.69) is 15.7 Å². The third kappa shape index (κ3) is 4.50. The number of hydrogen-bond donors (Lipinski definition) is 2. The van der Waals surface area contributed by atoms with Crippen molar-refractivity contribution in [1.29, 1.82) is 0 Å². The van der Waals surface area contributed by atoms with E-state index in [1.807, 2.05) is 20.0 Å². The molecule has 0 aliphatic carbocycles. The summed E-state index contributed by atoms with van der Waals surface area (Å²) >= 11 is 0. The lowest BCUT2D eigenvalue weighted by molar-refractivity contribution is -0.137. The zero-order valence-corrected chi connectivity index (χ0v) is 13.4. The van der Waals surface area contributed by atoms with Crippen LogP contribution in [0.25, 0.3) is 0 Å². The second-order valence-electron chi connectivity index (χ2n) is 5.26. The van der Waals surface area contributed by atoms with Crippen LogP contribution < -0.4 is 10.6 Å². The minimum absolute atomic E-state index is 0.222. The molecule has 1 aromatic heterocycles. The Bertz CT molecular complexity index is 679. The maximum Gasteiger partial charge on any atom is 0.416 e. The monoisotopic (exact) mass is 340 g/mol. The molecule has 0 aliphatic heterocycles. The van der Waals surface area contributed by atoms with Crippen molar-refractivity contribution < 1.29 is 18.0 Å². The Balaban J connectivity index is 1.98. The number of nitrogens with zero attached hydrogens (tertiary/aromatic N) is 2. The molecule has 1 aromatic carbocycles. The molecule has 0 saturated heterocycles. The van der Waals surface area contributed by atoms with Gasteiger partial charge in [0.05, 0.1) is 17.8 Å². The second-order valence-corrected chi connectivity index (χ2v) is 5.26. The number of anilines is 1. The quantitative estimate of drug-likeness (QED) is 0.857. The van der Waals surface area contributed by atoms with Crippen LogP contribution in [0, 0.1) is 0 Å². The van der Waals surface area contributed by atoms with E-state index in [4.69, 9.17) is 0 Å². The molecule has 0 aliphatic rings. The number of alkyl halides is 3. The van der Waals surface area contributed by atoms with Gasteiger partial charge < -0.3 is 10.6 Å². The molecule has 2 N–H and O–H groups in total. The maximum absolute atomic E-state index is 12.5. The van der Waals surface area contributed by atoms with Crippen LogP contribution in [0.1, 0.15) is 37.4 Å². The molecule has 2 rings (SSSR count). The highest BCUT2D eigenvalue weighted by molar-refractivity contribution is 5.89. The molecule has 0 bridgehead atoms. The van der Waals surface area contributed by atoms with Gasteiger partial charge in [0, 0.05) is 24.0 Å². The predicted octanol–water partition coefficient (Wildman–Crippen LogP) is 4.19. The van der Waals surface area contributed by atoms with Crippen molar-refractivity contribution in [2.75, 3.05) is 5.32 Å². The van der Waals surface area contributed by atoms with Crippen LogP contribution in [-0.2, 0) is 12.7 Å². The van der Waals surface area contributed by atoms with E-state index in [1.54, 1.807) is 10.9 Å². The highest BCUT2D eigenvalue weighted by Gasteiger charge is 2.30. The average molecular weight is 340 g/mol. The third-order valence-electron chi connectivity index (χ3n) is 3.56. The van der Waals surface area contributed by atoms with Crippen molar-refractivity contribution in [2.24, 2.45) is 0 Å². The number of halogens is 3. The molecule has 0 unspecified atom stereocenters. The Kier molecular flexibility index (Phi) is 5.48. The Labute approximate surface area is 137 Å². The summed E-state index contributed by atoms with van der Waals surface area (Å²) in [6.07, 6.45) is -0.188. The first-order valence-corrected chi connectivity index (χ1v) is 7.60. The lowest BCUT2D eigenvalue weighted by Crippen LogP contribution is -2.32. The summed E-state index contributed by atoms with van der Waals surface area (Å²) in [6.45, 7) is 4.61. The lowest BCUT2D eigenvalue weighted by Gasteiger charge is -2.16. The normalized spacial score (nSPS) is 12.7. The summed E-state index contributed by atoms with van der Waals surface area (Å²) < 4.78 is 39.3. The Morgan fingerprint density at radius 1 is 1.25 bits per heavy atom. The number of hydrogen-bond acceptors (Lipinski definition) is 2. The van der Waals surface area contributed by atoms with Crippen molar-refractivity contribution in [3.05, 3.63) is 47.8 Å². The van der Waals surface area contributed by atoms with Crippen molar-refractivity contribution >= 4 is 11.7 Å². The van der Waals surface area contributed by atoms with Gasteiger partial charge in [0.15, 0.2) is 0 Å². The van der Waals surface area contributed by atoms with Gasteiger partial charge in [-0.15, -0.1) is 0 Å². The zero-order valence-electron chi connectivity index (χ0n) is 13.4. The van der Waals surface area contributed by atoms with Gasteiger partial charge in [0.1, 0.15) is 0 Å². The first-order valence-electron chi connectivity index (χ1n) is 7.60. The minimum atomic E-state index is -4.40. The minimum Gasteiger partial charge on any atom is -0.331 e. The van der Waals surface area contributed by atoms with E-state index < -0.39 is 17.8 Å². The molecule has 24 heavy (non-hydrogen) atoms. The summed E-state index contributed by atoms with van der Waals surface area (Å²) in [7, 11) is 0. The number of nitrogens with one attached hydrogen (secondary N) is 2. The number of aromatic nitrogens is 2. The topological polar surface area (TPSA) is 59.0 Å². The maximum atomic E-state index is 12.5. The van der Waals surface area contributed by atoms with Crippen molar-refractivity contribution in [2.45, 2.75) is 39.0 Å². The van der Waals surface area contributed by atoms with E-state index >= 15 is 0 Å². The summed E-state index contributed by atoms with van der Waals surface area (Å²) in [5, 5.41) is 9.49. The SMILES string of the molecule is CC[C@H](NC(=O)Nc1ccc(C(F)(F)F)cc1)c1cnn(CC)c1. The fraction of sp³-hybridized carbons (Fsp3) is 0.375. The predicted molar refractivity (Wildman–Crippen MR) is 84.5 cm³/mol. The van der Waals surface area contributed by atoms with Gasteiger partial charge in [-0.3, -0.25) is 4.68 Å². The van der Waals surface area contributed by atoms with Crippen LogP contribution in [0.2, 0.25) is 0 Å². The van der Waals surface area contributed by atoms with Crippen LogP contribution in [0.5, 0.6) is 0 Å². The van der Waals surface area contributed by atoms with Gasteiger partial charge >= 0.3 is 12.2 Å². The summed E-state index contributed by atoms with van der Waals surface area (Å²) in [6, 6.07) is 3.60.